The molecule has 0 fully saturated rings. The van der Waals surface area contributed by atoms with Gasteiger partial charge in [0.05, 0.1) is 0 Å². The van der Waals surface area contributed by atoms with Crippen LogP contribution in [0, 0.1) is 0 Å². The van der Waals surface area contributed by atoms with Gasteiger partial charge in [-0.1, -0.05) is 13.8 Å². The first kappa shape index (κ1) is 12.2. The van der Waals surface area contributed by atoms with Crippen molar-refractivity contribution in [1.82, 2.24) is 9.97 Å². The molecule has 0 saturated heterocycles. The van der Waals surface area contributed by atoms with Crippen molar-refractivity contribution in [3.05, 3.63) is 18.1 Å². The topological polar surface area (TPSA) is 29.0 Å². The smallest absolute Gasteiger partial charge is 0.132 e. The Morgan fingerprint density at radius 2 is 2.00 bits per heavy atom. The molecule has 1 heterocycles. The lowest BCUT2D eigenvalue weighted by atomic mass is 10.1. The van der Waals surface area contributed by atoms with Crippen LogP contribution >= 0.6 is 11.6 Å². The zero-order valence-corrected chi connectivity index (χ0v) is 10.5. The quantitative estimate of drug-likeness (QED) is 0.741. The maximum absolute atomic E-state index is 5.81. The summed E-state index contributed by atoms with van der Waals surface area (Å²) >= 11 is 5.81. The molecule has 0 radical (unpaired) electrons. The minimum atomic E-state index is 0.279. The summed E-state index contributed by atoms with van der Waals surface area (Å²) in [5, 5.41) is 0. The predicted molar refractivity (Wildman–Crippen MR) is 64.7 cm³/mol. The van der Waals surface area contributed by atoms with E-state index in [0.29, 0.717) is 11.8 Å². The number of rotatable bonds is 4. The summed E-state index contributed by atoms with van der Waals surface area (Å²) in [5.74, 6) is 1.95. The van der Waals surface area contributed by atoms with Crippen LogP contribution in [0.2, 0.25) is 0 Å². The molecule has 0 N–H and O–H groups in total. The third kappa shape index (κ3) is 3.06. The number of halogens is 1. The minimum Gasteiger partial charge on any atom is -0.356 e. The van der Waals surface area contributed by atoms with E-state index in [2.05, 4.69) is 35.6 Å². The van der Waals surface area contributed by atoms with Crippen LogP contribution in [0.3, 0.4) is 0 Å². The molecule has 4 heteroatoms. The van der Waals surface area contributed by atoms with Crippen molar-refractivity contribution in [3.63, 3.8) is 0 Å². The molecule has 0 aliphatic carbocycles. The Kier molecular flexibility index (Phi) is 4.33. The van der Waals surface area contributed by atoms with E-state index < -0.39 is 0 Å². The molecule has 1 unspecified atom stereocenters. The summed E-state index contributed by atoms with van der Waals surface area (Å²) in [7, 11) is 2.00. The number of hydrogen-bond acceptors (Lipinski definition) is 3. The fourth-order valence-electron chi connectivity index (χ4n) is 1.20. The average molecular weight is 228 g/mol. The second-order valence-corrected chi connectivity index (χ2v) is 4.38. The van der Waals surface area contributed by atoms with Crippen molar-refractivity contribution in [2.24, 2.45) is 0 Å². The van der Waals surface area contributed by atoms with Crippen molar-refractivity contribution >= 4 is 17.4 Å². The number of aromatic nitrogens is 2. The van der Waals surface area contributed by atoms with Gasteiger partial charge in [-0.15, -0.1) is 11.6 Å². The largest absolute Gasteiger partial charge is 0.356 e. The number of anilines is 1. The molecule has 1 atom stereocenters. The Balaban J connectivity index is 2.90. The molecule has 0 aliphatic heterocycles. The highest BCUT2D eigenvalue weighted by molar-refractivity contribution is 6.18. The lowest BCUT2D eigenvalue weighted by molar-refractivity contribution is 0.738. The summed E-state index contributed by atoms with van der Waals surface area (Å²) < 4.78 is 0. The third-order valence-corrected chi connectivity index (χ3v) is 2.96. The molecule has 1 rings (SSSR count). The van der Waals surface area contributed by atoms with Crippen LogP contribution < -0.4 is 4.90 Å². The van der Waals surface area contributed by atoms with E-state index in [-0.39, 0.29) is 6.04 Å². The van der Waals surface area contributed by atoms with Gasteiger partial charge in [0.25, 0.3) is 0 Å². The molecule has 0 saturated carbocycles. The Labute approximate surface area is 96.5 Å². The second kappa shape index (κ2) is 5.31. The third-order valence-electron chi connectivity index (χ3n) is 2.51. The molecule has 0 bridgehead atoms. The highest BCUT2D eigenvalue weighted by Crippen LogP contribution is 2.17. The summed E-state index contributed by atoms with van der Waals surface area (Å²) in [6.45, 7) is 6.32. The first-order valence-electron chi connectivity index (χ1n) is 5.17. The molecule has 0 aliphatic rings. The Morgan fingerprint density at radius 3 is 2.53 bits per heavy atom. The lowest BCUT2D eigenvalue weighted by Gasteiger charge is -2.24. The summed E-state index contributed by atoms with van der Waals surface area (Å²) in [6, 6.07) is 2.30. The minimum absolute atomic E-state index is 0.279. The predicted octanol–water partition coefficient (Wildman–Crippen LogP) is 2.66. The fourth-order valence-corrected chi connectivity index (χ4v) is 1.41. The molecule has 15 heavy (non-hydrogen) atoms. The van der Waals surface area contributed by atoms with Crippen molar-refractivity contribution in [1.29, 1.82) is 0 Å². The maximum atomic E-state index is 5.81. The van der Waals surface area contributed by atoms with Crippen LogP contribution in [0.4, 0.5) is 5.82 Å². The zero-order chi connectivity index (χ0) is 11.4. The fraction of sp³-hybridized carbons (Fsp3) is 0.636. The monoisotopic (exact) mass is 227 g/mol. The number of alkyl halides is 1. The molecular weight excluding hydrogens is 210 g/mol. The molecule has 3 nitrogen and oxygen atoms in total. The van der Waals surface area contributed by atoms with Gasteiger partial charge in [-0.25, -0.2) is 9.97 Å². The lowest BCUT2D eigenvalue weighted by Crippen LogP contribution is -2.31. The van der Waals surface area contributed by atoms with E-state index in [0.717, 1.165) is 11.5 Å². The highest BCUT2D eigenvalue weighted by atomic mass is 35.5. The molecule has 0 spiro atoms. The van der Waals surface area contributed by atoms with E-state index in [1.54, 1.807) is 6.33 Å². The molecule has 0 amide bonds. The molecule has 0 aromatic carbocycles. The van der Waals surface area contributed by atoms with Gasteiger partial charge in [-0.05, 0) is 12.8 Å². The Hall–Kier alpha value is -0.830. The van der Waals surface area contributed by atoms with Gasteiger partial charge in [0.1, 0.15) is 12.1 Å². The van der Waals surface area contributed by atoms with Crippen LogP contribution in [0.25, 0.3) is 0 Å². The normalized spacial score (nSPS) is 12.9. The first-order chi connectivity index (χ1) is 7.06. The number of hydrogen-bond donors (Lipinski definition) is 0. The maximum Gasteiger partial charge on any atom is 0.132 e. The first-order valence-corrected chi connectivity index (χ1v) is 5.70. The molecule has 84 valence electrons. The van der Waals surface area contributed by atoms with Crippen LogP contribution in [0.15, 0.2) is 12.4 Å². The summed E-state index contributed by atoms with van der Waals surface area (Å²) in [5.41, 5.74) is 1.06. The Bertz CT molecular complexity index is 314. The zero-order valence-electron chi connectivity index (χ0n) is 9.74. The van der Waals surface area contributed by atoms with E-state index >= 15 is 0 Å². The number of nitrogens with zero attached hydrogens (tertiary/aromatic N) is 3. The summed E-state index contributed by atoms with van der Waals surface area (Å²) in [4.78, 5) is 10.6. The van der Waals surface area contributed by atoms with Gasteiger partial charge < -0.3 is 4.90 Å². The van der Waals surface area contributed by atoms with Gasteiger partial charge in [-0.3, -0.25) is 0 Å². The van der Waals surface area contributed by atoms with Gasteiger partial charge in [0, 0.05) is 30.7 Å². The SMILES string of the molecule is CC(C)c1cc(N(C)C(C)CCl)ncn1. The van der Waals surface area contributed by atoms with E-state index in [1.807, 2.05) is 13.1 Å². The van der Waals surface area contributed by atoms with E-state index in [1.165, 1.54) is 0 Å². The van der Waals surface area contributed by atoms with E-state index in [4.69, 9.17) is 11.6 Å². The van der Waals surface area contributed by atoms with Crippen LogP contribution in [0.1, 0.15) is 32.4 Å². The highest BCUT2D eigenvalue weighted by Gasteiger charge is 2.11. The van der Waals surface area contributed by atoms with Crippen molar-refractivity contribution < 1.29 is 0 Å². The van der Waals surface area contributed by atoms with Crippen molar-refractivity contribution in [2.75, 3.05) is 17.8 Å². The van der Waals surface area contributed by atoms with Crippen LogP contribution in [-0.2, 0) is 0 Å². The van der Waals surface area contributed by atoms with Gasteiger partial charge in [-0.2, -0.15) is 0 Å². The average Bonchev–Trinajstić information content (AvgIpc) is 2.27. The van der Waals surface area contributed by atoms with Crippen molar-refractivity contribution in [3.8, 4) is 0 Å². The van der Waals surface area contributed by atoms with E-state index in [9.17, 15) is 0 Å². The van der Waals surface area contributed by atoms with Crippen LogP contribution in [0.5, 0.6) is 0 Å². The molecule has 1 aromatic heterocycles. The van der Waals surface area contributed by atoms with Crippen LogP contribution in [-0.4, -0.2) is 28.9 Å². The Morgan fingerprint density at radius 1 is 1.33 bits per heavy atom. The van der Waals surface area contributed by atoms with Gasteiger partial charge in [0.15, 0.2) is 0 Å². The molecular formula is C11H18ClN3. The van der Waals surface area contributed by atoms with Gasteiger partial charge in [0.2, 0.25) is 0 Å². The molecule has 1 aromatic rings. The summed E-state index contributed by atoms with van der Waals surface area (Å²) in [6.07, 6.45) is 1.61. The standard InChI is InChI=1S/C11H18ClN3/c1-8(2)10-5-11(14-7-13-10)15(4)9(3)6-12/h5,7-9H,6H2,1-4H3. The second-order valence-electron chi connectivity index (χ2n) is 4.07. The van der Waals surface area contributed by atoms with Gasteiger partial charge >= 0.3 is 0 Å². The van der Waals surface area contributed by atoms with Crippen molar-refractivity contribution in [2.45, 2.75) is 32.7 Å².